The first-order chi connectivity index (χ1) is 8.26. The van der Waals surface area contributed by atoms with Crippen molar-refractivity contribution in [3.8, 4) is 18.9 Å². The van der Waals surface area contributed by atoms with Crippen LogP contribution >= 0.6 is 0 Å². The summed E-state index contributed by atoms with van der Waals surface area (Å²) in [6, 6.07) is 9.35. The number of carbonyl (C=O) groups is 1. The molecule has 1 aromatic rings. The molecule has 1 N–H and O–H groups in total. The maximum Gasteiger partial charge on any atom is 0.243 e. The minimum absolute atomic E-state index is 0.108. The lowest BCUT2D eigenvalue weighted by molar-refractivity contribution is -0.116. The molecule has 0 bridgehead atoms. The van der Waals surface area contributed by atoms with Crippen LogP contribution in [-0.4, -0.2) is 13.0 Å². The minimum Gasteiger partial charge on any atom is -0.356 e. The van der Waals surface area contributed by atoms with Crippen molar-refractivity contribution in [2.24, 2.45) is 0 Å². The lowest BCUT2D eigenvalue weighted by Gasteiger charge is -1.95. The molecule has 0 saturated heterocycles. The molecule has 0 spiro atoms. The zero-order valence-corrected chi connectivity index (χ0v) is 9.68. The van der Waals surface area contributed by atoms with E-state index in [1.807, 2.05) is 12.1 Å². The van der Waals surface area contributed by atoms with Crippen LogP contribution in [0.4, 0.5) is 0 Å². The Bertz CT molecular complexity index is 436. The fourth-order valence-corrected chi connectivity index (χ4v) is 1.10. The number of amides is 1. The van der Waals surface area contributed by atoms with Crippen LogP contribution in [0.3, 0.4) is 0 Å². The number of nitriles is 1. The monoisotopic (exact) mass is 226 g/mol. The summed E-state index contributed by atoms with van der Waals surface area (Å²) in [5.74, 6) is -0.108. The van der Waals surface area contributed by atoms with Gasteiger partial charge in [-0.2, -0.15) is 5.26 Å². The zero-order chi connectivity index (χ0) is 13.1. The van der Waals surface area contributed by atoms with Gasteiger partial charge in [0.1, 0.15) is 0 Å². The van der Waals surface area contributed by atoms with Crippen molar-refractivity contribution in [2.75, 3.05) is 7.05 Å². The van der Waals surface area contributed by atoms with Crippen molar-refractivity contribution in [3.63, 3.8) is 0 Å². The van der Waals surface area contributed by atoms with Crippen LogP contribution in [0, 0.1) is 24.2 Å². The van der Waals surface area contributed by atoms with Crippen molar-refractivity contribution in [2.45, 2.75) is 6.42 Å². The molecule has 1 aromatic carbocycles. The van der Waals surface area contributed by atoms with Gasteiger partial charge in [0.05, 0.1) is 11.6 Å². The Morgan fingerprint density at radius 2 is 2.00 bits per heavy atom. The number of terminal acetylenes is 1. The Balaban J connectivity index is 0.00000121. The molecular weight excluding hydrogens is 212 g/mol. The summed E-state index contributed by atoms with van der Waals surface area (Å²) < 4.78 is 0. The number of nitrogens with zero attached hydrogens (tertiary/aromatic N) is 1. The Kier molecular flexibility index (Phi) is 7.46. The summed E-state index contributed by atoms with van der Waals surface area (Å²) in [6.45, 7) is 0. The summed E-state index contributed by atoms with van der Waals surface area (Å²) in [6.07, 6.45) is 12.0. The second-order valence-electron chi connectivity index (χ2n) is 3.03. The molecule has 0 aromatic heterocycles. The van der Waals surface area contributed by atoms with Gasteiger partial charge in [-0.3, -0.25) is 4.79 Å². The van der Waals surface area contributed by atoms with Crippen molar-refractivity contribution >= 4 is 5.91 Å². The molecule has 17 heavy (non-hydrogen) atoms. The topological polar surface area (TPSA) is 52.9 Å². The van der Waals surface area contributed by atoms with Crippen molar-refractivity contribution in [3.05, 3.63) is 47.5 Å². The Labute approximate surface area is 102 Å². The molecule has 0 saturated carbocycles. The molecule has 0 heterocycles. The molecule has 1 amide bonds. The highest BCUT2D eigenvalue weighted by Gasteiger charge is 1.92. The summed E-state index contributed by atoms with van der Waals surface area (Å²) in [7, 11) is 1.59. The maximum absolute atomic E-state index is 10.9. The Morgan fingerprint density at radius 1 is 1.41 bits per heavy atom. The summed E-state index contributed by atoms with van der Waals surface area (Å²) in [5.41, 5.74) is 1.73. The largest absolute Gasteiger partial charge is 0.356 e. The van der Waals surface area contributed by atoms with Crippen LogP contribution in [0.1, 0.15) is 11.1 Å². The van der Waals surface area contributed by atoms with Gasteiger partial charge in [0.15, 0.2) is 0 Å². The first-order valence-corrected chi connectivity index (χ1v) is 4.97. The molecule has 1 rings (SSSR count). The molecule has 0 aliphatic rings. The van der Waals surface area contributed by atoms with Crippen molar-refractivity contribution in [1.82, 2.24) is 5.32 Å². The third kappa shape index (κ3) is 5.81. The van der Waals surface area contributed by atoms with E-state index in [-0.39, 0.29) is 5.91 Å². The van der Waals surface area contributed by atoms with Gasteiger partial charge in [-0.1, -0.05) is 18.2 Å². The van der Waals surface area contributed by atoms with Crippen LogP contribution < -0.4 is 5.32 Å². The molecule has 3 heteroatoms. The van der Waals surface area contributed by atoms with E-state index < -0.39 is 0 Å². The number of rotatable bonds is 3. The second kappa shape index (κ2) is 8.76. The van der Waals surface area contributed by atoms with E-state index in [4.69, 9.17) is 5.26 Å². The quantitative estimate of drug-likeness (QED) is 0.629. The summed E-state index contributed by atoms with van der Waals surface area (Å²) in [5, 5.41) is 11.1. The molecule has 86 valence electrons. The van der Waals surface area contributed by atoms with E-state index in [2.05, 4.69) is 24.2 Å². The first-order valence-electron chi connectivity index (χ1n) is 4.97. The predicted octanol–water partition coefficient (Wildman–Crippen LogP) is 1.65. The third-order valence-electron chi connectivity index (χ3n) is 1.95. The normalized spacial score (nSPS) is 8.82. The Morgan fingerprint density at radius 3 is 2.47 bits per heavy atom. The molecule has 0 fully saturated rings. The molecule has 0 unspecified atom stereocenters. The fraction of sp³-hybridized carbons (Fsp3) is 0.143. The van der Waals surface area contributed by atoms with Crippen LogP contribution in [-0.2, 0) is 11.2 Å². The van der Waals surface area contributed by atoms with Gasteiger partial charge in [-0.05, 0) is 30.2 Å². The number of allylic oxidation sites excluding steroid dienone is 1. The number of carbonyl (C=O) groups excluding carboxylic acids is 1. The highest BCUT2D eigenvalue weighted by atomic mass is 16.1. The van der Waals surface area contributed by atoms with Gasteiger partial charge in [0, 0.05) is 7.05 Å². The molecule has 0 atom stereocenters. The lowest BCUT2D eigenvalue weighted by atomic mass is 10.1. The van der Waals surface area contributed by atoms with Gasteiger partial charge in [0.25, 0.3) is 0 Å². The van der Waals surface area contributed by atoms with E-state index in [9.17, 15) is 4.79 Å². The average Bonchev–Trinajstić information content (AvgIpc) is 2.41. The van der Waals surface area contributed by atoms with Gasteiger partial charge in [-0.25, -0.2) is 0 Å². The Hall–Kier alpha value is -2.52. The number of hydrogen-bond donors (Lipinski definition) is 1. The van der Waals surface area contributed by atoms with E-state index >= 15 is 0 Å². The van der Waals surface area contributed by atoms with Crippen molar-refractivity contribution in [1.29, 1.82) is 5.26 Å². The number of nitrogens with one attached hydrogen (secondary N) is 1. The summed E-state index contributed by atoms with van der Waals surface area (Å²) in [4.78, 5) is 10.9. The van der Waals surface area contributed by atoms with E-state index in [0.29, 0.717) is 12.0 Å². The van der Waals surface area contributed by atoms with Crippen LogP contribution in [0.5, 0.6) is 0 Å². The minimum atomic E-state index is -0.108. The standard InChI is InChI=1S/C12H12N2O.C2H2/c1-14-12(15)4-2-3-10-5-7-11(9-13)8-6-10;1-2/h2,4-8H,3H2,1H3,(H,14,15);1-2H/b4-2-;. The van der Waals surface area contributed by atoms with Crippen LogP contribution in [0.15, 0.2) is 36.4 Å². The van der Waals surface area contributed by atoms with Gasteiger partial charge >= 0.3 is 0 Å². The highest BCUT2D eigenvalue weighted by Crippen LogP contribution is 2.04. The molecule has 0 radical (unpaired) electrons. The number of hydrogen-bond acceptors (Lipinski definition) is 2. The number of likely N-dealkylation sites (N-methyl/N-ethyl adjacent to an activating group) is 1. The molecule has 0 aliphatic carbocycles. The average molecular weight is 226 g/mol. The molecular formula is C14H14N2O. The smallest absolute Gasteiger partial charge is 0.243 e. The fourth-order valence-electron chi connectivity index (χ4n) is 1.10. The molecule has 0 aliphatic heterocycles. The van der Waals surface area contributed by atoms with Crippen LogP contribution in [0.25, 0.3) is 0 Å². The zero-order valence-electron chi connectivity index (χ0n) is 9.68. The summed E-state index contributed by atoms with van der Waals surface area (Å²) >= 11 is 0. The van der Waals surface area contributed by atoms with E-state index in [1.54, 1.807) is 25.3 Å². The van der Waals surface area contributed by atoms with Gasteiger partial charge in [-0.15, -0.1) is 12.8 Å². The maximum atomic E-state index is 10.9. The van der Waals surface area contributed by atoms with Gasteiger partial charge < -0.3 is 5.32 Å². The SMILES string of the molecule is C#C.CNC(=O)/C=C\Cc1ccc(C#N)cc1. The lowest BCUT2D eigenvalue weighted by Crippen LogP contribution is -2.14. The number of benzene rings is 1. The van der Waals surface area contributed by atoms with Crippen LogP contribution in [0.2, 0.25) is 0 Å². The second-order valence-corrected chi connectivity index (χ2v) is 3.03. The van der Waals surface area contributed by atoms with E-state index in [0.717, 1.165) is 5.56 Å². The predicted molar refractivity (Wildman–Crippen MR) is 68.0 cm³/mol. The van der Waals surface area contributed by atoms with E-state index in [1.165, 1.54) is 6.08 Å². The van der Waals surface area contributed by atoms with Gasteiger partial charge in [0.2, 0.25) is 5.91 Å². The molecule has 3 nitrogen and oxygen atoms in total. The highest BCUT2D eigenvalue weighted by molar-refractivity contribution is 5.87. The van der Waals surface area contributed by atoms with Crippen molar-refractivity contribution < 1.29 is 4.79 Å². The third-order valence-corrected chi connectivity index (χ3v) is 1.95. The first kappa shape index (κ1) is 14.5.